The number of aryl methyl sites for hydroxylation is 2. The first-order valence-corrected chi connectivity index (χ1v) is 9.28. The Morgan fingerprint density at radius 1 is 1.07 bits per heavy atom. The Balaban J connectivity index is 1.94. The number of carbonyl (C=O) groups is 1. The van der Waals surface area contributed by atoms with Crippen LogP contribution in [0.3, 0.4) is 0 Å². The van der Waals surface area contributed by atoms with E-state index in [1.54, 1.807) is 22.7 Å². The summed E-state index contributed by atoms with van der Waals surface area (Å²) >= 11 is 0. The molecule has 0 aliphatic carbocycles. The van der Waals surface area contributed by atoms with Gasteiger partial charge in [-0.3, -0.25) is 0 Å². The van der Waals surface area contributed by atoms with Crippen LogP contribution in [-0.2, 0) is 4.74 Å². The minimum Gasteiger partial charge on any atom is -0.464 e. The number of carbonyl (C=O) groups excluding carboxylic acids is 1. The van der Waals surface area contributed by atoms with E-state index < -0.39 is 12.1 Å². The van der Waals surface area contributed by atoms with Crippen molar-refractivity contribution >= 4 is 11.5 Å². The zero-order valence-corrected chi connectivity index (χ0v) is 16.5. The second-order valence-corrected chi connectivity index (χ2v) is 6.96. The van der Waals surface area contributed by atoms with E-state index in [9.17, 15) is 9.90 Å². The van der Waals surface area contributed by atoms with Crippen molar-refractivity contribution in [3.63, 3.8) is 0 Å². The molecule has 1 unspecified atom stereocenters. The number of hydrogen-bond donors (Lipinski definition) is 1. The number of aliphatic hydroxyl groups excluding tert-OH is 1. The van der Waals surface area contributed by atoms with Crippen LogP contribution in [0, 0.1) is 13.8 Å². The van der Waals surface area contributed by atoms with E-state index in [1.807, 2.05) is 56.4 Å². The minimum absolute atomic E-state index is 0.147. The highest BCUT2D eigenvalue weighted by molar-refractivity contribution is 5.87. The molecule has 29 heavy (non-hydrogen) atoms. The lowest BCUT2D eigenvalue weighted by Crippen LogP contribution is -2.09. The molecule has 6 nitrogen and oxygen atoms in total. The Bertz CT molecular complexity index is 1210. The molecule has 0 radical (unpaired) electrons. The summed E-state index contributed by atoms with van der Waals surface area (Å²) in [5.41, 5.74) is 5.67. The van der Waals surface area contributed by atoms with Crippen LogP contribution in [0.5, 0.6) is 0 Å². The molecule has 0 aliphatic heterocycles. The van der Waals surface area contributed by atoms with Crippen LogP contribution in [0.25, 0.3) is 16.8 Å². The predicted octanol–water partition coefficient (Wildman–Crippen LogP) is 3.88. The third-order valence-corrected chi connectivity index (χ3v) is 4.93. The van der Waals surface area contributed by atoms with Crippen molar-refractivity contribution in [2.24, 2.45) is 0 Å². The van der Waals surface area contributed by atoms with Gasteiger partial charge in [-0.05, 0) is 43.2 Å². The highest BCUT2D eigenvalue weighted by atomic mass is 16.5. The molecule has 0 aliphatic rings. The van der Waals surface area contributed by atoms with Gasteiger partial charge in [-0.2, -0.15) is 5.10 Å². The molecule has 6 heteroatoms. The van der Waals surface area contributed by atoms with Crippen molar-refractivity contribution in [2.75, 3.05) is 7.11 Å². The summed E-state index contributed by atoms with van der Waals surface area (Å²) in [5, 5.41) is 16.1. The summed E-state index contributed by atoms with van der Waals surface area (Å²) in [6.07, 6.45) is 0.862. The van der Waals surface area contributed by atoms with Crippen molar-refractivity contribution in [3.05, 3.63) is 88.9 Å². The van der Waals surface area contributed by atoms with Crippen molar-refractivity contribution in [3.8, 4) is 11.3 Å². The fourth-order valence-corrected chi connectivity index (χ4v) is 3.45. The number of aromatic nitrogens is 3. The zero-order valence-electron chi connectivity index (χ0n) is 16.5. The third-order valence-electron chi connectivity index (χ3n) is 4.93. The molecule has 3 aromatic heterocycles. The molecule has 1 atom stereocenters. The second kappa shape index (κ2) is 7.48. The van der Waals surface area contributed by atoms with Crippen LogP contribution in [0.1, 0.15) is 39.0 Å². The lowest BCUT2D eigenvalue weighted by molar-refractivity contribution is 0.0593. The molecule has 3 heterocycles. The predicted molar refractivity (Wildman–Crippen MR) is 110 cm³/mol. The number of nitrogens with zero attached hydrogens (tertiary/aromatic N) is 3. The molecule has 0 saturated carbocycles. The molecule has 4 rings (SSSR count). The largest absolute Gasteiger partial charge is 0.464 e. The standard InChI is InChI=1S/C23H21N3O3/c1-14-11-12-19-20(22(27)17-9-6-10-18(24-17)23(28)29-3)21(25-26(19)13-14)16-8-5-4-7-15(16)2/h4-13,22,27H,1-3H3. The maximum Gasteiger partial charge on any atom is 0.356 e. The Kier molecular flexibility index (Phi) is 4.86. The number of aliphatic hydroxyl groups is 1. The number of benzene rings is 1. The number of pyridine rings is 2. The fourth-order valence-electron chi connectivity index (χ4n) is 3.45. The average Bonchev–Trinajstić information content (AvgIpc) is 3.11. The lowest BCUT2D eigenvalue weighted by atomic mass is 9.97. The lowest BCUT2D eigenvalue weighted by Gasteiger charge is -2.13. The first-order chi connectivity index (χ1) is 14.0. The molecular weight excluding hydrogens is 366 g/mol. The van der Waals surface area contributed by atoms with Crippen LogP contribution in [0.2, 0.25) is 0 Å². The highest BCUT2D eigenvalue weighted by Gasteiger charge is 2.25. The normalized spacial score (nSPS) is 12.1. The summed E-state index contributed by atoms with van der Waals surface area (Å²) in [4.78, 5) is 16.2. The Morgan fingerprint density at radius 3 is 2.62 bits per heavy atom. The van der Waals surface area contributed by atoms with E-state index in [-0.39, 0.29) is 5.69 Å². The molecule has 4 aromatic rings. The van der Waals surface area contributed by atoms with Crippen molar-refractivity contribution < 1.29 is 14.6 Å². The van der Waals surface area contributed by atoms with Crippen molar-refractivity contribution in [1.82, 2.24) is 14.6 Å². The van der Waals surface area contributed by atoms with Crippen LogP contribution < -0.4 is 0 Å². The first-order valence-electron chi connectivity index (χ1n) is 9.28. The van der Waals surface area contributed by atoms with E-state index in [2.05, 4.69) is 4.98 Å². The van der Waals surface area contributed by atoms with Crippen LogP contribution >= 0.6 is 0 Å². The van der Waals surface area contributed by atoms with Gasteiger partial charge in [-0.25, -0.2) is 14.3 Å². The second-order valence-electron chi connectivity index (χ2n) is 6.96. The summed E-state index contributed by atoms with van der Waals surface area (Å²) < 4.78 is 6.53. The van der Waals surface area contributed by atoms with Gasteiger partial charge in [0.1, 0.15) is 11.8 Å². The van der Waals surface area contributed by atoms with Gasteiger partial charge in [0.15, 0.2) is 0 Å². The smallest absolute Gasteiger partial charge is 0.356 e. The van der Waals surface area contributed by atoms with E-state index in [0.29, 0.717) is 17.0 Å². The van der Waals surface area contributed by atoms with E-state index in [4.69, 9.17) is 9.84 Å². The van der Waals surface area contributed by atoms with Crippen LogP contribution in [-0.4, -0.2) is 32.8 Å². The van der Waals surface area contributed by atoms with Gasteiger partial charge in [0.2, 0.25) is 0 Å². The van der Waals surface area contributed by atoms with Crippen molar-refractivity contribution in [2.45, 2.75) is 20.0 Å². The number of rotatable bonds is 4. The summed E-state index contributed by atoms with van der Waals surface area (Å²) in [6, 6.07) is 16.8. The number of ether oxygens (including phenoxy) is 1. The van der Waals surface area contributed by atoms with Gasteiger partial charge in [0.25, 0.3) is 0 Å². The maximum absolute atomic E-state index is 11.9. The molecule has 0 fully saturated rings. The molecule has 146 valence electrons. The minimum atomic E-state index is -1.06. The average molecular weight is 387 g/mol. The Labute approximate surface area is 168 Å². The van der Waals surface area contributed by atoms with Gasteiger partial charge < -0.3 is 9.84 Å². The Hall–Kier alpha value is -3.51. The third kappa shape index (κ3) is 3.39. The van der Waals surface area contributed by atoms with E-state index >= 15 is 0 Å². The molecular formula is C23H21N3O3. The summed E-state index contributed by atoms with van der Waals surface area (Å²) in [5.74, 6) is -0.548. The monoisotopic (exact) mass is 387 g/mol. The van der Waals surface area contributed by atoms with Crippen molar-refractivity contribution in [1.29, 1.82) is 0 Å². The Morgan fingerprint density at radius 2 is 1.86 bits per heavy atom. The van der Waals surface area contributed by atoms with Gasteiger partial charge in [-0.1, -0.05) is 36.4 Å². The van der Waals surface area contributed by atoms with Gasteiger partial charge in [-0.15, -0.1) is 0 Å². The van der Waals surface area contributed by atoms with Gasteiger partial charge >= 0.3 is 5.97 Å². The molecule has 1 aromatic carbocycles. The number of hydrogen-bond acceptors (Lipinski definition) is 5. The molecule has 1 N–H and O–H groups in total. The molecule has 0 amide bonds. The molecule has 0 spiro atoms. The number of methoxy groups -OCH3 is 1. The van der Waals surface area contributed by atoms with Crippen LogP contribution in [0.15, 0.2) is 60.8 Å². The topological polar surface area (TPSA) is 76.7 Å². The highest BCUT2D eigenvalue weighted by Crippen LogP contribution is 2.35. The quantitative estimate of drug-likeness (QED) is 0.538. The molecule has 0 saturated heterocycles. The van der Waals surface area contributed by atoms with E-state index in [0.717, 1.165) is 22.2 Å². The fraction of sp³-hybridized carbons (Fsp3) is 0.174. The number of fused-ring (bicyclic) bond motifs is 1. The summed E-state index contributed by atoms with van der Waals surface area (Å²) in [7, 11) is 1.30. The van der Waals surface area contributed by atoms with Crippen LogP contribution in [0.4, 0.5) is 0 Å². The molecule has 0 bridgehead atoms. The SMILES string of the molecule is COC(=O)c1cccc(C(O)c2c(-c3ccccc3C)nn3cc(C)ccc23)n1. The van der Waals surface area contributed by atoms with E-state index in [1.165, 1.54) is 7.11 Å². The first kappa shape index (κ1) is 18.8. The van der Waals surface area contributed by atoms with Gasteiger partial charge in [0.05, 0.1) is 24.0 Å². The number of esters is 1. The summed E-state index contributed by atoms with van der Waals surface area (Å²) in [6.45, 7) is 4.00. The van der Waals surface area contributed by atoms with Gasteiger partial charge in [0, 0.05) is 17.3 Å². The zero-order chi connectivity index (χ0) is 20.5. The maximum atomic E-state index is 11.9.